The largest absolute Gasteiger partial charge is 0.441 e. The van der Waals surface area contributed by atoms with Crippen LogP contribution in [0, 0.1) is 13.8 Å². The first-order valence-corrected chi connectivity index (χ1v) is 9.38. The van der Waals surface area contributed by atoms with Gasteiger partial charge in [-0.1, -0.05) is 41.1 Å². The topological polar surface area (TPSA) is 85.8 Å². The van der Waals surface area contributed by atoms with Gasteiger partial charge in [0, 0.05) is 16.3 Å². The van der Waals surface area contributed by atoms with Gasteiger partial charge in [0.15, 0.2) is 5.69 Å². The number of aromatic nitrogens is 4. The van der Waals surface area contributed by atoms with Crippen molar-refractivity contribution in [2.75, 3.05) is 5.32 Å². The van der Waals surface area contributed by atoms with Gasteiger partial charge in [-0.2, -0.15) is 0 Å². The lowest BCUT2D eigenvalue weighted by Gasteiger charge is -2.04. The maximum Gasteiger partial charge on any atom is 0.278 e. The molecule has 29 heavy (non-hydrogen) atoms. The lowest BCUT2D eigenvalue weighted by molar-refractivity contribution is 0.102. The first kappa shape index (κ1) is 18.9. The summed E-state index contributed by atoms with van der Waals surface area (Å²) in [5.74, 6) is 0.849. The summed E-state index contributed by atoms with van der Waals surface area (Å²) in [7, 11) is 0. The van der Waals surface area contributed by atoms with E-state index in [1.807, 2.05) is 49.4 Å². The van der Waals surface area contributed by atoms with Crippen LogP contribution in [0.25, 0.3) is 11.5 Å². The number of para-hydroxylation sites is 1. The number of carbonyl (C=O) groups excluding carboxylic acids is 1. The van der Waals surface area contributed by atoms with Crippen molar-refractivity contribution in [1.82, 2.24) is 20.0 Å². The van der Waals surface area contributed by atoms with E-state index in [0.717, 1.165) is 5.56 Å². The van der Waals surface area contributed by atoms with E-state index < -0.39 is 0 Å². The maximum atomic E-state index is 12.5. The number of nitrogens with zero attached hydrogens (tertiary/aromatic N) is 4. The van der Waals surface area contributed by atoms with Crippen molar-refractivity contribution in [1.29, 1.82) is 0 Å². The van der Waals surface area contributed by atoms with Crippen molar-refractivity contribution in [2.45, 2.75) is 20.4 Å². The monoisotopic (exact) mass is 407 g/mol. The van der Waals surface area contributed by atoms with Crippen molar-refractivity contribution in [3.8, 4) is 11.5 Å². The van der Waals surface area contributed by atoms with Gasteiger partial charge in [-0.25, -0.2) is 9.67 Å². The van der Waals surface area contributed by atoms with Gasteiger partial charge >= 0.3 is 0 Å². The Morgan fingerprint density at radius 2 is 1.93 bits per heavy atom. The number of anilines is 1. The number of rotatable bonds is 5. The van der Waals surface area contributed by atoms with Crippen LogP contribution in [-0.2, 0) is 6.54 Å². The number of aryl methyl sites for hydroxylation is 1. The van der Waals surface area contributed by atoms with Gasteiger partial charge in [0.25, 0.3) is 5.91 Å². The number of benzene rings is 2. The Balaban J connectivity index is 1.54. The zero-order valence-electron chi connectivity index (χ0n) is 15.9. The van der Waals surface area contributed by atoms with Crippen LogP contribution in [0.15, 0.2) is 59.0 Å². The molecule has 0 bridgehead atoms. The molecule has 2 aromatic carbocycles. The number of hydrogen-bond donors (Lipinski definition) is 1. The summed E-state index contributed by atoms with van der Waals surface area (Å²) in [4.78, 5) is 17.1. The van der Waals surface area contributed by atoms with Crippen molar-refractivity contribution >= 4 is 23.2 Å². The normalized spacial score (nSPS) is 10.9. The van der Waals surface area contributed by atoms with E-state index in [1.165, 1.54) is 0 Å². The molecule has 0 fully saturated rings. The molecule has 0 unspecified atom stereocenters. The minimum Gasteiger partial charge on any atom is -0.441 e. The Morgan fingerprint density at radius 3 is 2.69 bits per heavy atom. The summed E-state index contributed by atoms with van der Waals surface area (Å²) in [5, 5.41) is 11.6. The molecule has 146 valence electrons. The number of amides is 1. The molecule has 4 aromatic rings. The first-order chi connectivity index (χ1) is 14.0. The highest BCUT2D eigenvalue weighted by atomic mass is 35.5. The summed E-state index contributed by atoms with van der Waals surface area (Å²) in [6, 6.07) is 16.5. The molecule has 0 saturated heterocycles. The van der Waals surface area contributed by atoms with E-state index in [4.69, 9.17) is 16.0 Å². The predicted molar refractivity (Wildman–Crippen MR) is 110 cm³/mol. The lowest BCUT2D eigenvalue weighted by Crippen LogP contribution is -2.14. The Bertz CT molecular complexity index is 1170. The highest BCUT2D eigenvalue weighted by Crippen LogP contribution is 2.25. The second-order valence-corrected chi connectivity index (χ2v) is 6.97. The second-order valence-electron chi connectivity index (χ2n) is 6.53. The molecular formula is C21H18ClN5O2. The molecular weight excluding hydrogens is 390 g/mol. The molecule has 1 N–H and O–H groups in total. The molecule has 0 aliphatic carbocycles. The molecule has 0 saturated carbocycles. The average molecular weight is 408 g/mol. The van der Waals surface area contributed by atoms with Crippen molar-refractivity contribution < 1.29 is 9.21 Å². The molecule has 0 atom stereocenters. The minimum atomic E-state index is -0.309. The van der Waals surface area contributed by atoms with E-state index in [9.17, 15) is 4.79 Å². The summed E-state index contributed by atoms with van der Waals surface area (Å²) in [5.41, 5.74) is 3.12. The molecule has 8 heteroatoms. The number of carbonyl (C=O) groups is 1. The quantitative estimate of drug-likeness (QED) is 0.526. The zero-order valence-corrected chi connectivity index (χ0v) is 16.6. The Morgan fingerprint density at radius 1 is 1.14 bits per heavy atom. The molecule has 7 nitrogen and oxygen atoms in total. The van der Waals surface area contributed by atoms with E-state index in [0.29, 0.717) is 40.3 Å². The Kier molecular flexibility index (Phi) is 5.14. The van der Waals surface area contributed by atoms with E-state index in [-0.39, 0.29) is 11.6 Å². The predicted octanol–water partition coefficient (Wildman–Crippen LogP) is 4.50. The van der Waals surface area contributed by atoms with Crippen molar-refractivity contribution in [2.24, 2.45) is 0 Å². The van der Waals surface area contributed by atoms with Gasteiger partial charge in [0.2, 0.25) is 5.89 Å². The van der Waals surface area contributed by atoms with E-state index >= 15 is 0 Å². The van der Waals surface area contributed by atoms with Crippen LogP contribution in [0.2, 0.25) is 5.02 Å². The average Bonchev–Trinajstić information content (AvgIpc) is 3.26. The molecule has 4 rings (SSSR count). The summed E-state index contributed by atoms with van der Waals surface area (Å²) < 4.78 is 7.42. The van der Waals surface area contributed by atoms with Crippen LogP contribution >= 0.6 is 11.6 Å². The fourth-order valence-corrected chi connectivity index (χ4v) is 3.08. The minimum absolute atomic E-state index is 0.269. The van der Waals surface area contributed by atoms with Gasteiger partial charge < -0.3 is 9.73 Å². The SMILES string of the molecule is Cc1oc(-c2cccc(Cl)c2)nc1Cn1nnc(C(=O)Nc2ccccc2)c1C. The molecule has 0 aliphatic rings. The fourth-order valence-electron chi connectivity index (χ4n) is 2.89. The van der Waals surface area contributed by atoms with Gasteiger partial charge in [-0.3, -0.25) is 4.79 Å². The molecule has 0 aliphatic heterocycles. The first-order valence-electron chi connectivity index (χ1n) is 9.00. The van der Waals surface area contributed by atoms with Gasteiger partial charge in [-0.05, 0) is 44.2 Å². The third-order valence-corrected chi connectivity index (χ3v) is 4.73. The number of halogens is 1. The zero-order chi connectivity index (χ0) is 20.4. The van der Waals surface area contributed by atoms with Crippen LogP contribution < -0.4 is 5.32 Å². The van der Waals surface area contributed by atoms with Crippen molar-refractivity contribution in [3.05, 3.63) is 82.5 Å². The summed E-state index contributed by atoms with van der Waals surface area (Å²) in [6.45, 7) is 3.98. The van der Waals surface area contributed by atoms with Crippen molar-refractivity contribution in [3.63, 3.8) is 0 Å². The van der Waals surface area contributed by atoms with Gasteiger partial charge in [-0.15, -0.1) is 5.10 Å². The molecule has 2 aromatic heterocycles. The smallest absolute Gasteiger partial charge is 0.278 e. The summed E-state index contributed by atoms with van der Waals surface area (Å²) >= 11 is 6.05. The Hall–Kier alpha value is -3.45. The van der Waals surface area contributed by atoms with Crippen LogP contribution in [0.4, 0.5) is 5.69 Å². The fraction of sp³-hybridized carbons (Fsp3) is 0.143. The standard InChI is InChI=1S/C21H18ClN5O2/c1-13-19(20(28)23-17-9-4-3-5-10-17)25-26-27(13)12-18-14(2)29-21(24-18)15-7-6-8-16(22)11-15/h3-11H,12H2,1-2H3,(H,23,28). The van der Waals surface area contributed by atoms with Crippen LogP contribution in [0.5, 0.6) is 0 Å². The third kappa shape index (κ3) is 4.05. The summed E-state index contributed by atoms with van der Waals surface area (Å²) in [6.07, 6.45) is 0. The molecule has 1 amide bonds. The third-order valence-electron chi connectivity index (χ3n) is 4.49. The van der Waals surface area contributed by atoms with E-state index in [2.05, 4.69) is 20.6 Å². The Labute approximate surface area is 172 Å². The van der Waals surface area contributed by atoms with Gasteiger partial charge in [0.05, 0.1) is 12.2 Å². The highest BCUT2D eigenvalue weighted by Gasteiger charge is 2.19. The van der Waals surface area contributed by atoms with Crippen LogP contribution in [0.3, 0.4) is 0 Å². The highest BCUT2D eigenvalue weighted by molar-refractivity contribution is 6.30. The van der Waals surface area contributed by atoms with Crippen LogP contribution in [0.1, 0.15) is 27.6 Å². The number of oxazole rings is 1. The van der Waals surface area contributed by atoms with Gasteiger partial charge in [0.1, 0.15) is 11.5 Å². The molecule has 0 spiro atoms. The second kappa shape index (κ2) is 7.89. The van der Waals surface area contributed by atoms with E-state index in [1.54, 1.807) is 23.7 Å². The maximum absolute atomic E-state index is 12.5. The number of hydrogen-bond acceptors (Lipinski definition) is 5. The number of nitrogens with one attached hydrogen (secondary N) is 1. The van der Waals surface area contributed by atoms with Crippen LogP contribution in [-0.4, -0.2) is 25.9 Å². The molecule has 0 radical (unpaired) electrons. The lowest BCUT2D eigenvalue weighted by atomic mass is 10.2. The molecule has 2 heterocycles.